The van der Waals surface area contributed by atoms with Gasteiger partial charge in [-0.1, -0.05) is 65.2 Å². The number of hydrogen-bond donors (Lipinski definition) is 1. The Bertz CT molecular complexity index is 767. The molecular weight excluding hydrogens is 376 g/mol. The van der Waals surface area contributed by atoms with E-state index in [0.717, 1.165) is 18.3 Å². The summed E-state index contributed by atoms with van der Waals surface area (Å²) >= 11 is 0. The van der Waals surface area contributed by atoms with Crippen molar-refractivity contribution >= 4 is 0 Å². The third-order valence-electron chi connectivity index (χ3n) is 11.4. The summed E-state index contributed by atoms with van der Waals surface area (Å²) < 4.78 is 0. The van der Waals surface area contributed by atoms with Gasteiger partial charge in [-0.25, -0.2) is 0 Å². The summed E-state index contributed by atoms with van der Waals surface area (Å²) in [6, 6.07) is 0. The highest BCUT2D eigenvalue weighted by Crippen LogP contribution is 2.72. The van der Waals surface area contributed by atoms with Crippen molar-refractivity contribution in [2.24, 2.45) is 39.4 Å². The normalized spacial score (nSPS) is 44.9. The molecule has 7 atom stereocenters. The summed E-state index contributed by atoms with van der Waals surface area (Å²) in [5, 5.41) is 11.7. The van der Waals surface area contributed by atoms with Crippen molar-refractivity contribution in [1.29, 1.82) is 0 Å². The molecule has 0 aromatic heterocycles. The van der Waals surface area contributed by atoms with Crippen molar-refractivity contribution in [3.8, 4) is 0 Å². The van der Waals surface area contributed by atoms with Gasteiger partial charge in [0, 0.05) is 0 Å². The van der Waals surface area contributed by atoms with Gasteiger partial charge in [0.25, 0.3) is 0 Å². The molecule has 2 saturated carbocycles. The second-order valence-corrected chi connectivity index (χ2v) is 13.7. The highest BCUT2D eigenvalue weighted by Gasteiger charge is 2.64. The van der Waals surface area contributed by atoms with Crippen LogP contribution in [0.5, 0.6) is 0 Å². The SMILES string of the molecule is CC(C)=CCC[C@@H](C)[C@H]1CC[C@@]2(C)C3=C(CC[C@@]12C)[C@@]1(C)CCCC(C)(C)C1CC3O. The van der Waals surface area contributed by atoms with Crippen molar-refractivity contribution in [2.45, 2.75) is 126 Å². The van der Waals surface area contributed by atoms with Gasteiger partial charge in [-0.2, -0.15) is 0 Å². The van der Waals surface area contributed by atoms with Crippen LogP contribution < -0.4 is 0 Å². The van der Waals surface area contributed by atoms with E-state index in [1.54, 1.807) is 5.57 Å². The molecule has 0 aromatic rings. The molecule has 4 aliphatic carbocycles. The van der Waals surface area contributed by atoms with Crippen LogP contribution in [0.3, 0.4) is 0 Å². The van der Waals surface area contributed by atoms with Crippen LogP contribution in [-0.4, -0.2) is 11.2 Å². The van der Waals surface area contributed by atoms with Crippen molar-refractivity contribution in [2.75, 3.05) is 0 Å². The lowest BCUT2D eigenvalue weighted by Crippen LogP contribution is -2.55. The van der Waals surface area contributed by atoms with Crippen LogP contribution in [0.1, 0.15) is 120 Å². The van der Waals surface area contributed by atoms with Gasteiger partial charge in [0.2, 0.25) is 0 Å². The van der Waals surface area contributed by atoms with Crippen molar-refractivity contribution in [1.82, 2.24) is 0 Å². The predicted octanol–water partition coefficient (Wildman–Crippen LogP) is 8.48. The van der Waals surface area contributed by atoms with E-state index in [-0.39, 0.29) is 11.5 Å². The van der Waals surface area contributed by atoms with E-state index in [1.165, 1.54) is 68.9 Å². The van der Waals surface area contributed by atoms with Crippen molar-refractivity contribution < 1.29 is 5.11 Å². The van der Waals surface area contributed by atoms with Crippen LogP contribution in [-0.2, 0) is 0 Å². The van der Waals surface area contributed by atoms with Crippen LogP contribution >= 0.6 is 0 Å². The maximum Gasteiger partial charge on any atom is 0.0761 e. The zero-order valence-electron chi connectivity index (χ0n) is 21.9. The molecule has 4 aliphatic rings. The maximum atomic E-state index is 11.7. The number of allylic oxidation sites excluding steroid dienone is 3. The lowest BCUT2D eigenvalue weighted by atomic mass is 9.43. The number of aliphatic hydroxyl groups is 1. The molecule has 2 unspecified atom stereocenters. The average molecular weight is 427 g/mol. The highest BCUT2D eigenvalue weighted by atomic mass is 16.3. The topological polar surface area (TPSA) is 20.2 Å². The Hall–Kier alpha value is -0.560. The first kappa shape index (κ1) is 23.6. The summed E-state index contributed by atoms with van der Waals surface area (Å²) in [5.41, 5.74) is 5.87. The van der Waals surface area contributed by atoms with Crippen molar-refractivity contribution in [3.63, 3.8) is 0 Å². The summed E-state index contributed by atoms with van der Waals surface area (Å²) in [5.74, 6) is 2.19. The molecular formula is C30H50O. The lowest BCUT2D eigenvalue weighted by molar-refractivity contribution is -0.0540. The van der Waals surface area contributed by atoms with Gasteiger partial charge >= 0.3 is 0 Å². The molecule has 31 heavy (non-hydrogen) atoms. The highest BCUT2D eigenvalue weighted by molar-refractivity contribution is 5.41. The van der Waals surface area contributed by atoms with E-state index in [2.05, 4.69) is 61.5 Å². The standard InChI is InChI=1S/C30H50O/c1-20(2)11-9-12-21(3)22-13-18-30(8)26-23(14-17-29(22,30)7)28(6)16-10-15-27(4,5)25(28)19-24(26)31/h11,21-22,24-25,31H,9-10,12-19H2,1-8H3/t21-,22-,24?,25?,28-,29+,30+/m1/s1. The smallest absolute Gasteiger partial charge is 0.0761 e. The minimum atomic E-state index is -0.213. The number of aliphatic hydroxyl groups excluding tert-OH is 1. The number of fused-ring (bicyclic) bond motifs is 4. The van der Waals surface area contributed by atoms with E-state index in [1.807, 2.05) is 0 Å². The monoisotopic (exact) mass is 426 g/mol. The van der Waals surface area contributed by atoms with E-state index in [9.17, 15) is 5.11 Å². The lowest BCUT2D eigenvalue weighted by Gasteiger charge is -2.62. The molecule has 0 aliphatic heterocycles. The second kappa shape index (κ2) is 7.75. The molecule has 0 bridgehead atoms. The summed E-state index contributed by atoms with van der Waals surface area (Å²) in [7, 11) is 0. The van der Waals surface area contributed by atoms with E-state index < -0.39 is 0 Å². The number of hydrogen-bond acceptors (Lipinski definition) is 1. The van der Waals surface area contributed by atoms with Crippen LogP contribution in [0, 0.1) is 39.4 Å². The van der Waals surface area contributed by atoms with E-state index >= 15 is 0 Å². The molecule has 0 heterocycles. The molecule has 4 rings (SSSR count). The molecule has 0 amide bonds. The summed E-state index contributed by atoms with van der Waals surface area (Å²) in [4.78, 5) is 0. The van der Waals surface area contributed by atoms with E-state index in [4.69, 9.17) is 0 Å². The number of rotatable bonds is 4. The summed E-state index contributed by atoms with van der Waals surface area (Å²) in [6.45, 7) is 19.7. The van der Waals surface area contributed by atoms with Crippen LogP contribution in [0.25, 0.3) is 0 Å². The Labute approximate surface area is 193 Å². The molecule has 0 saturated heterocycles. The van der Waals surface area contributed by atoms with E-state index in [0.29, 0.717) is 22.2 Å². The van der Waals surface area contributed by atoms with Crippen LogP contribution in [0.4, 0.5) is 0 Å². The Morgan fingerprint density at radius 2 is 1.77 bits per heavy atom. The minimum Gasteiger partial charge on any atom is -0.389 e. The molecule has 1 N–H and O–H groups in total. The van der Waals surface area contributed by atoms with Gasteiger partial charge in [0.05, 0.1) is 6.10 Å². The van der Waals surface area contributed by atoms with Gasteiger partial charge in [0.1, 0.15) is 0 Å². The predicted molar refractivity (Wildman–Crippen MR) is 133 cm³/mol. The third-order valence-corrected chi connectivity index (χ3v) is 11.4. The van der Waals surface area contributed by atoms with Gasteiger partial charge in [-0.05, 0) is 117 Å². The Kier molecular flexibility index (Phi) is 5.90. The van der Waals surface area contributed by atoms with Gasteiger partial charge in [-0.3, -0.25) is 0 Å². The molecule has 0 spiro atoms. The Morgan fingerprint density at radius 1 is 1.06 bits per heavy atom. The quantitative estimate of drug-likeness (QED) is 0.447. The largest absolute Gasteiger partial charge is 0.389 e. The molecule has 2 fully saturated rings. The van der Waals surface area contributed by atoms with Gasteiger partial charge in [0.15, 0.2) is 0 Å². The fraction of sp³-hybridized carbons (Fsp3) is 0.867. The fourth-order valence-corrected chi connectivity index (χ4v) is 9.53. The fourth-order valence-electron chi connectivity index (χ4n) is 9.53. The average Bonchev–Trinajstić information content (AvgIpc) is 2.94. The van der Waals surface area contributed by atoms with Crippen LogP contribution in [0.2, 0.25) is 0 Å². The minimum absolute atomic E-state index is 0.186. The summed E-state index contributed by atoms with van der Waals surface area (Å²) in [6.07, 6.45) is 14.9. The maximum absolute atomic E-state index is 11.7. The first-order valence-corrected chi connectivity index (χ1v) is 13.4. The van der Waals surface area contributed by atoms with Crippen LogP contribution in [0.15, 0.2) is 22.8 Å². The first-order chi connectivity index (χ1) is 14.4. The molecule has 0 radical (unpaired) electrons. The van der Waals surface area contributed by atoms with Crippen molar-refractivity contribution in [3.05, 3.63) is 22.8 Å². The molecule has 1 heteroatoms. The molecule has 176 valence electrons. The second-order valence-electron chi connectivity index (χ2n) is 13.7. The van der Waals surface area contributed by atoms with Gasteiger partial charge in [-0.15, -0.1) is 0 Å². The molecule has 1 nitrogen and oxygen atoms in total. The molecule has 0 aromatic carbocycles. The Morgan fingerprint density at radius 3 is 2.45 bits per heavy atom. The third kappa shape index (κ3) is 3.43. The van der Waals surface area contributed by atoms with Gasteiger partial charge < -0.3 is 5.11 Å². The zero-order valence-corrected chi connectivity index (χ0v) is 21.9. The Balaban J connectivity index is 1.69. The zero-order chi connectivity index (χ0) is 22.8. The first-order valence-electron chi connectivity index (χ1n) is 13.4.